The van der Waals surface area contributed by atoms with E-state index in [1.807, 2.05) is 0 Å². The molecule has 0 bridgehead atoms. The molecule has 0 aromatic heterocycles. The normalized spacial score (nSPS) is 15.9. The molecule has 0 aliphatic carbocycles. The zero-order chi connectivity index (χ0) is 26.1. The van der Waals surface area contributed by atoms with Crippen LogP contribution in [0.15, 0.2) is 82.5 Å². The van der Waals surface area contributed by atoms with Gasteiger partial charge in [0.25, 0.3) is 10.0 Å². The van der Waals surface area contributed by atoms with Gasteiger partial charge in [-0.15, -0.1) is 0 Å². The van der Waals surface area contributed by atoms with Crippen molar-refractivity contribution >= 4 is 33.5 Å². The summed E-state index contributed by atoms with van der Waals surface area (Å²) in [6.45, 7) is 7.66. The monoisotopic (exact) mass is 513 g/mol. The molecule has 1 unspecified atom stereocenters. The van der Waals surface area contributed by atoms with Gasteiger partial charge in [-0.25, -0.2) is 12.8 Å². The first kappa shape index (κ1) is 26.9. The number of hydrogen-bond acceptors (Lipinski definition) is 6. The number of nitrogens with zero attached hydrogens (tertiary/aromatic N) is 3. The summed E-state index contributed by atoms with van der Waals surface area (Å²) >= 11 is 0. The Morgan fingerprint density at radius 1 is 1.03 bits per heavy atom. The summed E-state index contributed by atoms with van der Waals surface area (Å²) in [6.07, 6.45) is 6.37. The fraction of sp³-hybridized carbons (Fsp3) is 0.308. The molecule has 2 aromatic carbocycles. The van der Waals surface area contributed by atoms with Gasteiger partial charge < -0.3 is 15.1 Å². The van der Waals surface area contributed by atoms with Gasteiger partial charge in [-0.05, 0) is 75.4 Å². The number of piperazine rings is 1. The summed E-state index contributed by atoms with van der Waals surface area (Å²) in [5, 5.41) is 3.11. The molecule has 1 atom stereocenters. The zero-order valence-corrected chi connectivity index (χ0v) is 21.5. The minimum Gasteiger partial charge on any atom is -0.374 e. The van der Waals surface area contributed by atoms with E-state index in [0.29, 0.717) is 37.6 Å². The molecule has 2 aromatic rings. The van der Waals surface area contributed by atoms with Crippen molar-refractivity contribution in [1.82, 2.24) is 9.62 Å². The number of hydrogen-bond donors (Lipinski definition) is 2. The van der Waals surface area contributed by atoms with Crippen molar-refractivity contribution in [2.75, 3.05) is 36.4 Å². The van der Waals surface area contributed by atoms with Crippen LogP contribution in [0.25, 0.3) is 0 Å². The average molecular weight is 514 g/mol. The van der Waals surface area contributed by atoms with Crippen LogP contribution in [0.5, 0.6) is 0 Å². The molecule has 192 valence electrons. The van der Waals surface area contributed by atoms with Crippen LogP contribution in [0.1, 0.15) is 20.8 Å². The Hall–Kier alpha value is -3.66. The Labute approximate surface area is 212 Å². The molecule has 10 heteroatoms. The smallest absolute Gasteiger partial charge is 0.261 e. The third-order valence-corrected chi connectivity index (χ3v) is 7.15. The highest BCUT2D eigenvalue weighted by Crippen LogP contribution is 2.21. The summed E-state index contributed by atoms with van der Waals surface area (Å²) in [7, 11) is -3.73. The highest BCUT2D eigenvalue weighted by atomic mass is 32.2. The second kappa shape index (κ2) is 12.3. The second-order valence-electron chi connectivity index (χ2n) is 8.25. The van der Waals surface area contributed by atoms with Crippen molar-refractivity contribution in [3.63, 3.8) is 0 Å². The maximum Gasteiger partial charge on any atom is 0.261 e. The summed E-state index contributed by atoms with van der Waals surface area (Å²) in [4.78, 5) is 20.9. The predicted octanol–water partition coefficient (Wildman–Crippen LogP) is 3.76. The summed E-state index contributed by atoms with van der Waals surface area (Å²) < 4.78 is 41.1. The quantitative estimate of drug-likeness (QED) is 0.393. The van der Waals surface area contributed by atoms with Crippen LogP contribution >= 0.6 is 0 Å². The van der Waals surface area contributed by atoms with Gasteiger partial charge in [0.1, 0.15) is 11.9 Å². The molecule has 36 heavy (non-hydrogen) atoms. The summed E-state index contributed by atoms with van der Waals surface area (Å²) in [6, 6.07) is 12.2. The standard InChI is InChI=1S/C26H32FN5O3S/c1-4-22(14-15-28-5-2)30-36(34,35)25-12-10-24(11-13-25)31-16-18-32(19-17-31)26(33)20(3)29-23-8-6-21(27)7-9-23/h4-15,20,29-30H,16-19H2,1-3H3/b15-14-,22-4-,28-5?. The number of carbonyl (C=O) groups is 1. The third-order valence-electron chi connectivity index (χ3n) is 5.75. The summed E-state index contributed by atoms with van der Waals surface area (Å²) in [5.41, 5.74) is 2.00. The van der Waals surface area contributed by atoms with Crippen molar-refractivity contribution in [2.24, 2.45) is 4.99 Å². The lowest BCUT2D eigenvalue weighted by Crippen LogP contribution is -2.52. The van der Waals surface area contributed by atoms with Gasteiger partial charge in [0.2, 0.25) is 5.91 Å². The van der Waals surface area contributed by atoms with Gasteiger partial charge in [0, 0.05) is 55.7 Å². The number of aliphatic imine (C=N–C) groups is 1. The Balaban J connectivity index is 1.56. The van der Waals surface area contributed by atoms with Gasteiger partial charge in [-0.1, -0.05) is 6.08 Å². The van der Waals surface area contributed by atoms with Gasteiger partial charge >= 0.3 is 0 Å². The molecule has 1 aliphatic heterocycles. The zero-order valence-electron chi connectivity index (χ0n) is 20.7. The molecule has 0 saturated carbocycles. The Bertz CT molecular complexity index is 1220. The van der Waals surface area contributed by atoms with Gasteiger partial charge in [0.05, 0.1) is 4.90 Å². The highest BCUT2D eigenvalue weighted by molar-refractivity contribution is 7.89. The van der Waals surface area contributed by atoms with Gasteiger partial charge in [-0.3, -0.25) is 14.5 Å². The fourth-order valence-electron chi connectivity index (χ4n) is 3.77. The van der Waals surface area contributed by atoms with E-state index >= 15 is 0 Å². The van der Waals surface area contributed by atoms with Crippen LogP contribution in [0, 0.1) is 5.82 Å². The molecular formula is C26H32FN5O3S. The van der Waals surface area contributed by atoms with E-state index in [2.05, 4.69) is 19.9 Å². The number of allylic oxidation sites excluding steroid dienone is 2. The van der Waals surface area contributed by atoms with E-state index in [0.717, 1.165) is 5.69 Å². The molecular weight excluding hydrogens is 481 g/mol. The van der Waals surface area contributed by atoms with Crippen molar-refractivity contribution in [3.8, 4) is 0 Å². The molecule has 0 spiro atoms. The molecule has 1 aliphatic rings. The number of halogens is 1. The number of rotatable bonds is 9. The number of benzene rings is 2. The van der Waals surface area contributed by atoms with Gasteiger partial charge in [-0.2, -0.15) is 0 Å². The second-order valence-corrected chi connectivity index (χ2v) is 9.93. The molecule has 0 radical (unpaired) electrons. The minimum absolute atomic E-state index is 0.0232. The molecule has 3 rings (SSSR count). The molecule has 1 heterocycles. The van der Waals surface area contributed by atoms with Crippen LogP contribution in [-0.2, 0) is 14.8 Å². The SMILES string of the molecule is CC=N/C=C\C(=C\C)NS(=O)(=O)c1ccc(N2CCN(C(=O)C(C)Nc3ccc(F)cc3)CC2)cc1. The van der Waals surface area contributed by atoms with Crippen molar-refractivity contribution in [2.45, 2.75) is 31.7 Å². The van der Waals surface area contributed by atoms with Crippen LogP contribution in [0.3, 0.4) is 0 Å². The first-order valence-corrected chi connectivity index (χ1v) is 13.2. The molecule has 1 fully saturated rings. The van der Waals surface area contributed by atoms with Crippen LogP contribution < -0.4 is 14.9 Å². The van der Waals surface area contributed by atoms with E-state index in [9.17, 15) is 17.6 Å². The molecule has 1 saturated heterocycles. The van der Waals surface area contributed by atoms with Crippen molar-refractivity contribution in [3.05, 3.63) is 78.4 Å². The lowest BCUT2D eigenvalue weighted by molar-refractivity contribution is -0.131. The number of anilines is 2. The van der Waals surface area contributed by atoms with Crippen molar-refractivity contribution in [1.29, 1.82) is 0 Å². The minimum atomic E-state index is -3.73. The highest BCUT2D eigenvalue weighted by Gasteiger charge is 2.25. The number of carbonyl (C=O) groups excluding carboxylic acids is 1. The van der Waals surface area contributed by atoms with E-state index < -0.39 is 16.1 Å². The van der Waals surface area contributed by atoms with Crippen LogP contribution in [0.2, 0.25) is 0 Å². The number of amides is 1. The maximum atomic E-state index is 13.1. The first-order chi connectivity index (χ1) is 17.2. The molecule has 1 amide bonds. The topological polar surface area (TPSA) is 94.1 Å². The van der Waals surface area contributed by atoms with E-state index in [4.69, 9.17) is 0 Å². The van der Waals surface area contributed by atoms with E-state index in [-0.39, 0.29) is 16.6 Å². The fourth-order valence-corrected chi connectivity index (χ4v) is 4.87. The predicted molar refractivity (Wildman–Crippen MR) is 142 cm³/mol. The average Bonchev–Trinajstić information content (AvgIpc) is 2.89. The molecule has 8 nitrogen and oxygen atoms in total. The van der Waals surface area contributed by atoms with Crippen LogP contribution in [0.4, 0.5) is 15.8 Å². The number of nitrogens with one attached hydrogen (secondary N) is 2. The maximum absolute atomic E-state index is 13.1. The largest absolute Gasteiger partial charge is 0.374 e. The number of sulfonamides is 1. The summed E-state index contributed by atoms with van der Waals surface area (Å²) in [5.74, 6) is -0.347. The Morgan fingerprint density at radius 3 is 2.25 bits per heavy atom. The Kier molecular flexibility index (Phi) is 9.24. The lowest BCUT2D eigenvalue weighted by atomic mass is 10.2. The van der Waals surface area contributed by atoms with E-state index in [1.165, 1.54) is 18.3 Å². The van der Waals surface area contributed by atoms with Gasteiger partial charge in [0.15, 0.2) is 0 Å². The van der Waals surface area contributed by atoms with E-state index in [1.54, 1.807) is 80.4 Å². The van der Waals surface area contributed by atoms with Crippen LogP contribution in [-0.4, -0.2) is 57.7 Å². The third kappa shape index (κ3) is 7.17. The first-order valence-electron chi connectivity index (χ1n) is 11.7. The van der Waals surface area contributed by atoms with Crippen molar-refractivity contribution < 1.29 is 17.6 Å². The lowest BCUT2D eigenvalue weighted by Gasteiger charge is -2.37. The Morgan fingerprint density at radius 2 is 1.67 bits per heavy atom. The molecule has 2 N–H and O–H groups in total.